The Hall–Kier alpha value is -2.38. The van der Waals surface area contributed by atoms with Gasteiger partial charge in [-0.15, -0.1) is 0 Å². The molecule has 0 aromatic heterocycles. The maximum Gasteiger partial charge on any atom is 0.328 e. The van der Waals surface area contributed by atoms with Crippen molar-refractivity contribution in [1.82, 2.24) is 5.32 Å². The van der Waals surface area contributed by atoms with Gasteiger partial charge in [-0.2, -0.15) is 0 Å². The van der Waals surface area contributed by atoms with Crippen molar-refractivity contribution in [2.24, 2.45) is 0 Å². The Bertz CT molecular complexity index is 403. The lowest BCUT2D eigenvalue weighted by molar-refractivity contribution is -0.141. The van der Waals surface area contributed by atoms with Crippen LogP contribution < -0.4 is 5.32 Å². The molecule has 8 heteroatoms. The van der Waals surface area contributed by atoms with Gasteiger partial charge in [0.2, 0.25) is 5.91 Å². The number of unbranched alkanes of at least 4 members (excludes halogenated alkanes) is 2. The number of aliphatic carboxylic acids is 3. The normalized spacial score (nSPS) is 12.0. The number of hydrogen-bond donors (Lipinski definition) is 4. The van der Waals surface area contributed by atoms with Crippen LogP contribution in [0.25, 0.3) is 0 Å². The van der Waals surface area contributed by atoms with Crippen molar-refractivity contribution in [3.63, 3.8) is 0 Å². The molecule has 0 saturated heterocycles. The van der Waals surface area contributed by atoms with E-state index in [1.165, 1.54) is 0 Å². The Morgan fingerprint density at radius 2 is 1.60 bits per heavy atom. The number of amides is 1. The zero-order chi connectivity index (χ0) is 15.5. The molecule has 0 aliphatic carbocycles. The third-order valence-electron chi connectivity index (χ3n) is 2.38. The van der Waals surface area contributed by atoms with E-state index < -0.39 is 29.9 Å². The molecule has 0 aromatic rings. The van der Waals surface area contributed by atoms with Gasteiger partial charge in [0.15, 0.2) is 0 Å². The molecular formula is C12H17NO7. The Morgan fingerprint density at radius 3 is 2.10 bits per heavy atom. The van der Waals surface area contributed by atoms with Gasteiger partial charge in [0.1, 0.15) is 6.04 Å². The second-order valence-corrected chi connectivity index (χ2v) is 4.06. The minimum Gasteiger partial charge on any atom is -0.481 e. The van der Waals surface area contributed by atoms with E-state index in [9.17, 15) is 19.2 Å². The van der Waals surface area contributed by atoms with E-state index in [2.05, 4.69) is 5.32 Å². The minimum atomic E-state index is -1.30. The monoisotopic (exact) mass is 287 g/mol. The van der Waals surface area contributed by atoms with E-state index in [0.29, 0.717) is 25.3 Å². The molecule has 0 saturated carbocycles. The van der Waals surface area contributed by atoms with Crippen LogP contribution in [0, 0.1) is 0 Å². The van der Waals surface area contributed by atoms with Crippen molar-refractivity contribution in [1.29, 1.82) is 0 Å². The zero-order valence-corrected chi connectivity index (χ0v) is 10.7. The molecule has 0 spiro atoms. The van der Waals surface area contributed by atoms with Crippen LogP contribution in [-0.2, 0) is 19.2 Å². The van der Waals surface area contributed by atoms with Crippen molar-refractivity contribution in [3.05, 3.63) is 12.2 Å². The van der Waals surface area contributed by atoms with Gasteiger partial charge >= 0.3 is 17.9 Å². The van der Waals surface area contributed by atoms with Gasteiger partial charge in [0.25, 0.3) is 0 Å². The van der Waals surface area contributed by atoms with Gasteiger partial charge < -0.3 is 20.6 Å². The lowest BCUT2D eigenvalue weighted by atomic mass is 10.1. The second kappa shape index (κ2) is 9.54. The molecule has 0 fully saturated rings. The first-order valence-corrected chi connectivity index (χ1v) is 5.99. The second-order valence-electron chi connectivity index (χ2n) is 4.06. The third kappa shape index (κ3) is 9.63. The molecule has 8 nitrogen and oxygen atoms in total. The molecule has 0 aliphatic heterocycles. The predicted molar refractivity (Wildman–Crippen MR) is 67.1 cm³/mol. The van der Waals surface area contributed by atoms with E-state index in [0.717, 1.165) is 6.08 Å². The predicted octanol–water partition coefficient (Wildman–Crippen LogP) is 0.232. The molecule has 0 aliphatic rings. The minimum absolute atomic E-state index is 0.0193. The number of rotatable bonds is 10. The van der Waals surface area contributed by atoms with Gasteiger partial charge in [0.05, 0.1) is 0 Å². The highest BCUT2D eigenvalue weighted by Crippen LogP contribution is 2.06. The Kier molecular flexibility index (Phi) is 8.40. The summed E-state index contributed by atoms with van der Waals surface area (Å²) in [5, 5.41) is 27.8. The number of carbonyl (C=O) groups is 4. The molecule has 1 atom stereocenters. The standard InChI is InChI=1S/C12H17NO7/c14-9(6-7-11(17)18)13-8(12(19)20)4-2-1-3-5-10(15)16/h6-8H,1-5H2,(H,13,14)(H,15,16)(H,17,18)(H,19,20). The highest BCUT2D eigenvalue weighted by Gasteiger charge is 2.18. The number of carboxylic acid groups (broad SMARTS) is 3. The molecule has 112 valence electrons. The fourth-order valence-electron chi connectivity index (χ4n) is 1.43. The van der Waals surface area contributed by atoms with E-state index >= 15 is 0 Å². The summed E-state index contributed by atoms with van der Waals surface area (Å²) in [4.78, 5) is 42.6. The van der Waals surface area contributed by atoms with Crippen molar-refractivity contribution in [3.8, 4) is 0 Å². The summed E-state index contributed by atoms with van der Waals surface area (Å²) < 4.78 is 0. The first-order valence-electron chi connectivity index (χ1n) is 5.99. The molecule has 20 heavy (non-hydrogen) atoms. The van der Waals surface area contributed by atoms with Gasteiger partial charge in [-0.05, 0) is 12.8 Å². The highest BCUT2D eigenvalue weighted by molar-refractivity contribution is 5.95. The van der Waals surface area contributed by atoms with Crippen LogP contribution in [0.2, 0.25) is 0 Å². The van der Waals surface area contributed by atoms with E-state index in [-0.39, 0.29) is 12.8 Å². The first-order chi connectivity index (χ1) is 9.32. The Labute approximate surface area is 115 Å². The molecule has 0 heterocycles. The molecule has 0 radical (unpaired) electrons. The smallest absolute Gasteiger partial charge is 0.328 e. The summed E-state index contributed by atoms with van der Waals surface area (Å²) in [7, 11) is 0. The summed E-state index contributed by atoms with van der Waals surface area (Å²) in [6.07, 6.45) is 2.95. The number of carboxylic acids is 3. The van der Waals surface area contributed by atoms with Crippen molar-refractivity contribution >= 4 is 23.8 Å². The van der Waals surface area contributed by atoms with Gasteiger partial charge in [-0.1, -0.05) is 12.8 Å². The van der Waals surface area contributed by atoms with Crippen LogP contribution in [0.4, 0.5) is 0 Å². The number of nitrogens with one attached hydrogen (secondary N) is 1. The van der Waals surface area contributed by atoms with Crippen LogP contribution in [-0.4, -0.2) is 45.2 Å². The summed E-state index contributed by atoms with van der Waals surface area (Å²) in [5.74, 6) is -4.24. The molecule has 4 N–H and O–H groups in total. The summed E-state index contributed by atoms with van der Waals surface area (Å²) in [6, 6.07) is -1.12. The summed E-state index contributed by atoms with van der Waals surface area (Å²) >= 11 is 0. The highest BCUT2D eigenvalue weighted by atomic mass is 16.4. The number of hydrogen-bond acceptors (Lipinski definition) is 4. The molecular weight excluding hydrogens is 270 g/mol. The van der Waals surface area contributed by atoms with Crippen LogP contribution >= 0.6 is 0 Å². The van der Waals surface area contributed by atoms with Crippen molar-refractivity contribution in [2.45, 2.75) is 38.1 Å². The summed E-state index contributed by atoms with van der Waals surface area (Å²) in [6.45, 7) is 0. The fraction of sp³-hybridized carbons (Fsp3) is 0.500. The van der Waals surface area contributed by atoms with Gasteiger partial charge in [-0.25, -0.2) is 9.59 Å². The molecule has 0 rings (SSSR count). The summed E-state index contributed by atoms with van der Waals surface area (Å²) in [5.41, 5.74) is 0. The molecule has 1 unspecified atom stereocenters. The molecule has 1 amide bonds. The van der Waals surface area contributed by atoms with Gasteiger partial charge in [-0.3, -0.25) is 9.59 Å². The Morgan fingerprint density at radius 1 is 0.950 bits per heavy atom. The van der Waals surface area contributed by atoms with Crippen molar-refractivity contribution in [2.75, 3.05) is 0 Å². The zero-order valence-electron chi connectivity index (χ0n) is 10.7. The third-order valence-corrected chi connectivity index (χ3v) is 2.38. The first kappa shape index (κ1) is 17.6. The molecule has 0 bridgehead atoms. The Balaban J connectivity index is 4.11. The maximum absolute atomic E-state index is 11.2. The average molecular weight is 287 g/mol. The maximum atomic E-state index is 11.2. The number of carbonyl (C=O) groups excluding carboxylic acids is 1. The largest absolute Gasteiger partial charge is 0.481 e. The van der Waals surface area contributed by atoms with E-state index in [1.807, 2.05) is 0 Å². The topological polar surface area (TPSA) is 141 Å². The lowest BCUT2D eigenvalue weighted by Crippen LogP contribution is -2.40. The van der Waals surface area contributed by atoms with Crippen LogP contribution in [0.3, 0.4) is 0 Å². The van der Waals surface area contributed by atoms with Gasteiger partial charge in [0, 0.05) is 18.6 Å². The van der Waals surface area contributed by atoms with E-state index in [1.54, 1.807) is 0 Å². The van der Waals surface area contributed by atoms with Crippen LogP contribution in [0.15, 0.2) is 12.2 Å². The average Bonchev–Trinajstić information content (AvgIpc) is 2.33. The molecule has 0 aromatic carbocycles. The lowest BCUT2D eigenvalue weighted by Gasteiger charge is -2.12. The van der Waals surface area contributed by atoms with Crippen molar-refractivity contribution < 1.29 is 34.5 Å². The van der Waals surface area contributed by atoms with E-state index in [4.69, 9.17) is 15.3 Å². The van der Waals surface area contributed by atoms with Crippen LogP contribution in [0.5, 0.6) is 0 Å². The quantitative estimate of drug-likeness (QED) is 0.333. The van der Waals surface area contributed by atoms with Crippen LogP contribution in [0.1, 0.15) is 32.1 Å². The fourth-order valence-corrected chi connectivity index (χ4v) is 1.43. The SMILES string of the molecule is O=C(O)C=CC(=O)NC(CCCCCC(=O)O)C(=O)O.